The van der Waals surface area contributed by atoms with Crippen molar-refractivity contribution < 1.29 is 4.74 Å². The van der Waals surface area contributed by atoms with E-state index in [0.29, 0.717) is 5.92 Å². The molecule has 2 rings (SSSR count). The first-order chi connectivity index (χ1) is 8.70. The van der Waals surface area contributed by atoms with Crippen molar-refractivity contribution in [1.29, 1.82) is 0 Å². The maximum absolute atomic E-state index is 5.29. The highest BCUT2D eigenvalue weighted by Gasteiger charge is 2.27. The average Bonchev–Trinajstić information content (AvgIpc) is 2.39. The standard InChI is InChI=1S/C15H24N2O.ClH/c1-17(2)11-12-6-4-5-7-15(12)13-8-14(18-3)10-16-9-13;/h8-10,12,15H,4-7,11H2,1-3H3;1H. The molecule has 0 amide bonds. The molecule has 2 unspecified atom stereocenters. The minimum atomic E-state index is 0. The molecule has 1 heterocycles. The molecule has 1 saturated carbocycles. The lowest BCUT2D eigenvalue weighted by Gasteiger charge is -2.33. The van der Waals surface area contributed by atoms with Gasteiger partial charge in [0.15, 0.2) is 0 Å². The highest BCUT2D eigenvalue weighted by Crippen LogP contribution is 2.38. The summed E-state index contributed by atoms with van der Waals surface area (Å²) in [4.78, 5) is 6.61. The number of nitrogens with zero attached hydrogens (tertiary/aromatic N) is 2. The third-order valence-corrected chi connectivity index (χ3v) is 3.91. The van der Waals surface area contributed by atoms with Crippen LogP contribution in [0.2, 0.25) is 0 Å². The van der Waals surface area contributed by atoms with E-state index in [4.69, 9.17) is 4.74 Å². The summed E-state index contributed by atoms with van der Waals surface area (Å²) in [7, 11) is 6.03. The van der Waals surface area contributed by atoms with Crippen molar-refractivity contribution in [2.24, 2.45) is 5.92 Å². The first-order valence-corrected chi connectivity index (χ1v) is 6.84. The molecule has 1 aromatic rings. The molecule has 0 spiro atoms. The molecule has 1 aliphatic carbocycles. The van der Waals surface area contributed by atoms with Crippen LogP contribution in [0, 0.1) is 5.92 Å². The van der Waals surface area contributed by atoms with Crippen molar-refractivity contribution in [1.82, 2.24) is 9.88 Å². The Morgan fingerprint density at radius 2 is 2.00 bits per heavy atom. The normalized spacial score (nSPS) is 22.9. The monoisotopic (exact) mass is 284 g/mol. The van der Waals surface area contributed by atoms with E-state index in [-0.39, 0.29) is 12.4 Å². The van der Waals surface area contributed by atoms with Gasteiger partial charge in [-0.1, -0.05) is 12.8 Å². The zero-order chi connectivity index (χ0) is 13.0. The molecule has 0 N–H and O–H groups in total. The fourth-order valence-electron chi connectivity index (χ4n) is 3.08. The molecule has 0 radical (unpaired) electrons. The van der Waals surface area contributed by atoms with Gasteiger partial charge < -0.3 is 9.64 Å². The lowest BCUT2D eigenvalue weighted by atomic mass is 9.75. The van der Waals surface area contributed by atoms with Gasteiger partial charge in [-0.25, -0.2) is 0 Å². The number of hydrogen-bond acceptors (Lipinski definition) is 3. The number of hydrogen-bond donors (Lipinski definition) is 0. The Balaban J connectivity index is 0.00000180. The van der Waals surface area contributed by atoms with Crippen molar-refractivity contribution in [3.63, 3.8) is 0 Å². The van der Waals surface area contributed by atoms with Crippen LogP contribution in [-0.4, -0.2) is 37.6 Å². The number of methoxy groups -OCH3 is 1. The summed E-state index contributed by atoms with van der Waals surface area (Å²) in [6.45, 7) is 1.17. The minimum absolute atomic E-state index is 0. The van der Waals surface area contributed by atoms with Gasteiger partial charge in [0, 0.05) is 12.7 Å². The molecule has 1 aromatic heterocycles. The summed E-state index contributed by atoms with van der Waals surface area (Å²) in [6.07, 6.45) is 9.13. The van der Waals surface area contributed by atoms with Crippen LogP contribution < -0.4 is 4.74 Å². The van der Waals surface area contributed by atoms with Gasteiger partial charge in [-0.15, -0.1) is 12.4 Å². The van der Waals surface area contributed by atoms with Crippen molar-refractivity contribution in [3.05, 3.63) is 24.0 Å². The Hall–Kier alpha value is -0.800. The highest BCUT2D eigenvalue weighted by molar-refractivity contribution is 5.85. The lowest BCUT2D eigenvalue weighted by molar-refractivity contribution is 0.233. The lowest BCUT2D eigenvalue weighted by Crippen LogP contribution is -2.29. The van der Waals surface area contributed by atoms with Crippen LogP contribution in [0.4, 0.5) is 0 Å². The summed E-state index contributed by atoms with van der Waals surface area (Å²) in [5, 5.41) is 0. The van der Waals surface area contributed by atoms with Crippen LogP contribution >= 0.6 is 12.4 Å². The maximum Gasteiger partial charge on any atom is 0.137 e. The second-order valence-corrected chi connectivity index (χ2v) is 5.57. The highest BCUT2D eigenvalue weighted by atomic mass is 35.5. The predicted octanol–water partition coefficient (Wildman–Crippen LogP) is 3.35. The van der Waals surface area contributed by atoms with Crippen LogP contribution in [0.25, 0.3) is 0 Å². The van der Waals surface area contributed by atoms with E-state index in [1.165, 1.54) is 37.8 Å². The molecule has 0 saturated heterocycles. The summed E-state index contributed by atoms with van der Waals surface area (Å²) >= 11 is 0. The van der Waals surface area contributed by atoms with Gasteiger partial charge in [0.2, 0.25) is 0 Å². The Labute approximate surface area is 122 Å². The number of rotatable bonds is 4. The Morgan fingerprint density at radius 1 is 1.26 bits per heavy atom. The predicted molar refractivity (Wildman–Crippen MR) is 81.3 cm³/mol. The van der Waals surface area contributed by atoms with Crippen LogP contribution in [0.3, 0.4) is 0 Å². The van der Waals surface area contributed by atoms with Gasteiger partial charge in [-0.3, -0.25) is 4.98 Å². The first kappa shape index (κ1) is 16.3. The summed E-state index contributed by atoms with van der Waals surface area (Å²) < 4.78 is 5.29. The molecule has 1 aliphatic rings. The molecule has 2 atom stereocenters. The van der Waals surface area contributed by atoms with Crippen molar-refractivity contribution >= 4 is 12.4 Å². The molecule has 3 nitrogen and oxygen atoms in total. The maximum atomic E-state index is 5.29. The molecule has 19 heavy (non-hydrogen) atoms. The van der Waals surface area contributed by atoms with Crippen LogP contribution in [0.1, 0.15) is 37.2 Å². The number of ether oxygens (including phenoxy) is 1. The molecular weight excluding hydrogens is 260 g/mol. The van der Waals surface area contributed by atoms with E-state index in [0.717, 1.165) is 11.7 Å². The van der Waals surface area contributed by atoms with Crippen molar-refractivity contribution in [3.8, 4) is 5.75 Å². The molecule has 1 fully saturated rings. The number of aromatic nitrogens is 1. The van der Waals surface area contributed by atoms with E-state index in [2.05, 4.69) is 30.0 Å². The second-order valence-electron chi connectivity index (χ2n) is 5.57. The molecular formula is C15H25ClN2O. The molecule has 4 heteroatoms. The Bertz CT molecular complexity index is 384. The SMILES string of the molecule is COc1cncc(C2CCCCC2CN(C)C)c1.Cl. The molecule has 0 aliphatic heterocycles. The Morgan fingerprint density at radius 3 is 2.68 bits per heavy atom. The average molecular weight is 285 g/mol. The van der Waals surface area contributed by atoms with Gasteiger partial charge in [-0.2, -0.15) is 0 Å². The summed E-state index contributed by atoms with van der Waals surface area (Å²) in [6, 6.07) is 2.16. The number of halogens is 1. The van der Waals surface area contributed by atoms with Gasteiger partial charge in [0.25, 0.3) is 0 Å². The van der Waals surface area contributed by atoms with E-state index in [9.17, 15) is 0 Å². The van der Waals surface area contributed by atoms with Crippen LogP contribution in [-0.2, 0) is 0 Å². The van der Waals surface area contributed by atoms with E-state index >= 15 is 0 Å². The third kappa shape index (κ3) is 4.36. The van der Waals surface area contributed by atoms with E-state index in [1.54, 1.807) is 13.3 Å². The topological polar surface area (TPSA) is 25.4 Å². The number of pyridine rings is 1. The molecule has 0 bridgehead atoms. The summed E-state index contributed by atoms with van der Waals surface area (Å²) in [5.41, 5.74) is 1.35. The Kier molecular flexibility index (Phi) is 6.59. The van der Waals surface area contributed by atoms with E-state index in [1.807, 2.05) is 6.20 Å². The van der Waals surface area contributed by atoms with Gasteiger partial charge >= 0.3 is 0 Å². The van der Waals surface area contributed by atoms with Crippen molar-refractivity contribution in [2.75, 3.05) is 27.7 Å². The fraction of sp³-hybridized carbons (Fsp3) is 0.667. The quantitative estimate of drug-likeness (QED) is 0.848. The largest absolute Gasteiger partial charge is 0.495 e. The first-order valence-electron chi connectivity index (χ1n) is 6.84. The fourth-order valence-corrected chi connectivity index (χ4v) is 3.08. The van der Waals surface area contributed by atoms with Crippen molar-refractivity contribution in [2.45, 2.75) is 31.6 Å². The second kappa shape index (κ2) is 7.71. The van der Waals surface area contributed by atoms with Gasteiger partial charge in [0.05, 0.1) is 13.3 Å². The zero-order valence-corrected chi connectivity index (χ0v) is 12.9. The smallest absolute Gasteiger partial charge is 0.137 e. The van der Waals surface area contributed by atoms with E-state index < -0.39 is 0 Å². The third-order valence-electron chi connectivity index (χ3n) is 3.91. The van der Waals surface area contributed by atoms with Gasteiger partial charge in [0.1, 0.15) is 5.75 Å². The minimum Gasteiger partial charge on any atom is -0.495 e. The van der Waals surface area contributed by atoms with Gasteiger partial charge in [-0.05, 0) is 50.4 Å². The van der Waals surface area contributed by atoms with Crippen LogP contribution in [0.5, 0.6) is 5.75 Å². The summed E-state index contributed by atoms with van der Waals surface area (Å²) in [5.74, 6) is 2.27. The van der Waals surface area contributed by atoms with Crippen LogP contribution in [0.15, 0.2) is 18.5 Å². The zero-order valence-electron chi connectivity index (χ0n) is 12.1. The molecule has 0 aromatic carbocycles. The molecule has 108 valence electrons.